The molecule has 2 heterocycles. The van der Waals surface area contributed by atoms with Crippen LogP contribution in [0.1, 0.15) is 30.1 Å². The summed E-state index contributed by atoms with van der Waals surface area (Å²) in [5.74, 6) is -3.95. The lowest BCUT2D eigenvalue weighted by Gasteiger charge is -2.49. The molecule has 148 valence electrons. The minimum Gasteiger partial charge on any atom is -0.447 e. The van der Waals surface area contributed by atoms with Gasteiger partial charge in [0.1, 0.15) is 11.9 Å². The molecule has 2 aromatic rings. The van der Waals surface area contributed by atoms with Gasteiger partial charge >= 0.3 is 0 Å². The summed E-state index contributed by atoms with van der Waals surface area (Å²) in [5.41, 5.74) is -4.03. The molecule has 0 amide bonds. The van der Waals surface area contributed by atoms with Gasteiger partial charge in [0.2, 0.25) is 17.1 Å². The molecule has 0 aliphatic carbocycles. The number of benzene rings is 2. The summed E-state index contributed by atoms with van der Waals surface area (Å²) in [5, 5.41) is 39.2. The van der Waals surface area contributed by atoms with E-state index >= 15 is 0 Å². The van der Waals surface area contributed by atoms with Gasteiger partial charge in [-0.25, -0.2) is 4.39 Å². The molecule has 0 saturated carbocycles. The van der Waals surface area contributed by atoms with Crippen LogP contribution in [0.4, 0.5) is 4.39 Å². The molecule has 1 N–H and O–H groups in total. The molecule has 0 spiro atoms. The van der Waals surface area contributed by atoms with Crippen LogP contribution in [0, 0.1) is 56.0 Å². The third kappa shape index (κ3) is 2.21. The highest BCUT2D eigenvalue weighted by atomic mass is 35.5. The van der Waals surface area contributed by atoms with E-state index in [1.165, 1.54) is 19.1 Å². The van der Waals surface area contributed by atoms with Crippen molar-refractivity contribution < 1.29 is 13.9 Å². The van der Waals surface area contributed by atoms with Gasteiger partial charge in [0, 0.05) is 17.5 Å². The molecule has 2 fully saturated rings. The Morgan fingerprint density at radius 2 is 1.70 bits per heavy atom. The highest BCUT2D eigenvalue weighted by Crippen LogP contribution is 2.69. The maximum atomic E-state index is 14.8. The number of halogens is 2. The number of nitrogens with zero attached hydrogens (tertiary/aromatic N) is 3. The zero-order valence-electron chi connectivity index (χ0n) is 15.7. The summed E-state index contributed by atoms with van der Waals surface area (Å²) >= 11 is 6.23. The van der Waals surface area contributed by atoms with Gasteiger partial charge in [-0.2, -0.15) is 15.8 Å². The van der Waals surface area contributed by atoms with Crippen LogP contribution in [0.2, 0.25) is 5.02 Å². The van der Waals surface area contributed by atoms with Gasteiger partial charge in [0.25, 0.3) is 0 Å². The van der Waals surface area contributed by atoms with Crippen molar-refractivity contribution in [2.24, 2.45) is 10.8 Å². The fourth-order valence-corrected chi connectivity index (χ4v) is 4.91. The zero-order chi connectivity index (χ0) is 21.7. The molecule has 2 aliphatic heterocycles. The van der Waals surface area contributed by atoms with Gasteiger partial charge in [-0.05, 0) is 17.7 Å². The zero-order valence-corrected chi connectivity index (χ0v) is 16.4. The Hall–Kier alpha value is -3.44. The van der Waals surface area contributed by atoms with Crippen LogP contribution in [0.3, 0.4) is 0 Å². The number of ether oxygens (including phenoxy) is 2. The van der Waals surface area contributed by atoms with E-state index in [9.17, 15) is 20.2 Å². The van der Waals surface area contributed by atoms with Crippen molar-refractivity contribution in [3.05, 3.63) is 70.5 Å². The normalized spacial score (nSPS) is 31.1. The lowest BCUT2D eigenvalue weighted by molar-refractivity contribution is -0.254. The Morgan fingerprint density at radius 1 is 1.03 bits per heavy atom. The number of hydrogen-bond donors (Lipinski definition) is 1. The highest BCUT2D eigenvalue weighted by Gasteiger charge is 2.80. The first kappa shape index (κ1) is 19.9. The van der Waals surface area contributed by atoms with Crippen LogP contribution >= 0.6 is 11.6 Å². The molecular formula is C22H14ClFN4O2. The second kappa shape index (κ2) is 6.54. The van der Waals surface area contributed by atoms with E-state index in [4.69, 9.17) is 26.5 Å². The van der Waals surface area contributed by atoms with Crippen LogP contribution < -0.4 is 0 Å². The quantitative estimate of drug-likeness (QED) is 0.762. The molecule has 2 saturated heterocycles. The predicted molar refractivity (Wildman–Crippen MR) is 103 cm³/mol. The van der Waals surface area contributed by atoms with E-state index in [1.54, 1.807) is 30.3 Å². The first-order valence-electron chi connectivity index (χ1n) is 8.99. The summed E-state index contributed by atoms with van der Waals surface area (Å²) in [6.07, 6.45) is -1.56. The lowest BCUT2D eigenvalue weighted by Crippen LogP contribution is -2.57. The van der Waals surface area contributed by atoms with Crippen LogP contribution in [-0.2, 0) is 9.47 Å². The first-order chi connectivity index (χ1) is 14.3. The molecule has 2 aromatic carbocycles. The monoisotopic (exact) mass is 420 g/mol. The molecule has 6 nitrogen and oxygen atoms in total. The lowest BCUT2D eigenvalue weighted by atomic mass is 9.52. The summed E-state index contributed by atoms with van der Waals surface area (Å²) in [6.45, 7) is 1.51. The van der Waals surface area contributed by atoms with E-state index in [1.807, 2.05) is 18.2 Å². The standard InChI is InChI=1S/C22H14ClFN4O2/c1-20-17(13-6-3-2-4-7-13)22(12-27,19(28)30-20)21(10-25,11-26)18(29-20)16-14(23)8-5-9-15(16)24/h2-9,17-18,28H,1H3. The molecule has 2 bridgehead atoms. The summed E-state index contributed by atoms with van der Waals surface area (Å²) in [7, 11) is 0. The van der Waals surface area contributed by atoms with E-state index in [0.717, 1.165) is 6.07 Å². The van der Waals surface area contributed by atoms with E-state index in [-0.39, 0.29) is 10.6 Å². The Labute approximate surface area is 177 Å². The predicted octanol–water partition coefficient (Wildman–Crippen LogP) is 4.60. The van der Waals surface area contributed by atoms with Crippen LogP contribution in [0.15, 0.2) is 48.5 Å². The fourth-order valence-electron chi connectivity index (χ4n) is 4.65. The average Bonchev–Trinajstić information content (AvgIpc) is 2.92. The molecule has 4 unspecified atom stereocenters. The Morgan fingerprint density at radius 3 is 2.27 bits per heavy atom. The second-order valence-corrected chi connectivity index (χ2v) is 7.78. The van der Waals surface area contributed by atoms with Gasteiger partial charge in [-0.1, -0.05) is 48.0 Å². The van der Waals surface area contributed by atoms with Gasteiger partial charge in [-0.3, -0.25) is 5.41 Å². The largest absolute Gasteiger partial charge is 0.447 e. The number of nitrogens with one attached hydrogen (secondary N) is 1. The SMILES string of the molecule is CC12OC(=N)C(C#N)(C1c1ccccc1)C(C#N)(C#N)C(c1c(F)cccc1Cl)O2. The molecule has 2 aliphatic rings. The van der Waals surface area contributed by atoms with Crippen molar-refractivity contribution in [1.29, 1.82) is 21.2 Å². The maximum absolute atomic E-state index is 14.8. The highest BCUT2D eigenvalue weighted by molar-refractivity contribution is 6.31. The number of hydrogen-bond acceptors (Lipinski definition) is 6. The minimum absolute atomic E-state index is 0.0596. The number of nitriles is 3. The molecule has 0 radical (unpaired) electrons. The van der Waals surface area contributed by atoms with Crippen LogP contribution in [0.25, 0.3) is 0 Å². The van der Waals surface area contributed by atoms with Crippen molar-refractivity contribution >= 4 is 17.5 Å². The smallest absolute Gasteiger partial charge is 0.218 e. The topological polar surface area (TPSA) is 114 Å². The summed E-state index contributed by atoms with van der Waals surface area (Å²) < 4.78 is 26.6. The third-order valence-corrected chi connectivity index (χ3v) is 6.24. The maximum Gasteiger partial charge on any atom is 0.218 e. The van der Waals surface area contributed by atoms with E-state index < -0.39 is 40.4 Å². The summed E-state index contributed by atoms with van der Waals surface area (Å²) in [6, 6.07) is 18.3. The third-order valence-electron chi connectivity index (χ3n) is 5.91. The molecule has 30 heavy (non-hydrogen) atoms. The molecular weight excluding hydrogens is 407 g/mol. The number of rotatable bonds is 2. The van der Waals surface area contributed by atoms with Crippen LogP contribution in [-0.4, -0.2) is 11.7 Å². The van der Waals surface area contributed by atoms with Gasteiger partial charge < -0.3 is 9.47 Å². The van der Waals surface area contributed by atoms with Gasteiger partial charge in [-0.15, -0.1) is 0 Å². The van der Waals surface area contributed by atoms with Crippen molar-refractivity contribution in [1.82, 2.24) is 0 Å². The van der Waals surface area contributed by atoms with Crippen molar-refractivity contribution in [2.45, 2.75) is 24.7 Å². The minimum atomic E-state index is -2.30. The number of fused-ring (bicyclic) bond motifs is 2. The Kier molecular flexibility index (Phi) is 4.33. The molecule has 0 aromatic heterocycles. The van der Waals surface area contributed by atoms with Crippen molar-refractivity contribution in [3.8, 4) is 18.2 Å². The second-order valence-electron chi connectivity index (χ2n) is 7.38. The van der Waals surface area contributed by atoms with E-state index in [2.05, 4.69) is 0 Å². The van der Waals surface area contributed by atoms with Crippen LogP contribution in [0.5, 0.6) is 0 Å². The molecule has 4 rings (SSSR count). The van der Waals surface area contributed by atoms with Crippen molar-refractivity contribution in [3.63, 3.8) is 0 Å². The average molecular weight is 421 g/mol. The van der Waals surface area contributed by atoms with Gasteiger partial charge in [0.05, 0.1) is 24.1 Å². The Bertz CT molecular complexity index is 1150. The molecule has 8 heteroatoms. The Balaban J connectivity index is 2.09. The first-order valence-corrected chi connectivity index (χ1v) is 9.37. The fraction of sp³-hybridized carbons (Fsp3) is 0.273. The molecule has 4 atom stereocenters. The van der Waals surface area contributed by atoms with Crippen molar-refractivity contribution in [2.75, 3.05) is 0 Å². The van der Waals surface area contributed by atoms with E-state index in [0.29, 0.717) is 5.56 Å². The summed E-state index contributed by atoms with van der Waals surface area (Å²) in [4.78, 5) is 0. The van der Waals surface area contributed by atoms with Gasteiger partial charge in [0.15, 0.2) is 5.41 Å².